The van der Waals surface area contributed by atoms with Crippen LogP contribution in [0.3, 0.4) is 0 Å². The topological polar surface area (TPSA) is 66.5 Å². The van der Waals surface area contributed by atoms with Crippen LogP contribution in [-0.4, -0.2) is 16.8 Å². The molecule has 0 saturated heterocycles. The highest BCUT2D eigenvalue weighted by atomic mass is 79.9. The molecule has 98 valence electrons. The first-order valence-corrected chi connectivity index (χ1v) is 6.42. The van der Waals surface area contributed by atoms with Crippen LogP contribution in [0.1, 0.15) is 25.5 Å². The van der Waals surface area contributed by atoms with Crippen molar-refractivity contribution in [3.63, 3.8) is 0 Å². The van der Waals surface area contributed by atoms with E-state index in [1.54, 1.807) is 12.1 Å². The van der Waals surface area contributed by atoms with Crippen molar-refractivity contribution in [3.05, 3.63) is 26.6 Å². The third-order valence-corrected chi connectivity index (χ3v) is 3.70. The summed E-state index contributed by atoms with van der Waals surface area (Å²) in [6, 6.07) is 3.07. The van der Waals surface area contributed by atoms with Crippen molar-refractivity contribution in [3.8, 4) is 5.75 Å². The molecule has 17 heavy (non-hydrogen) atoms. The van der Waals surface area contributed by atoms with Gasteiger partial charge in [-0.25, -0.2) is 0 Å². The van der Waals surface area contributed by atoms with Crippen LogP contribution in [0.15, 0.2) is 21.1 Å². The van der Waals surface area contributed by atoms with Gasteiger partial charge < -0.3 is 15.9 Å². The minimum atomic E-state index is -0.488. The third-order valence-electron chi connectivity index (χ3n) is 2.64. The second-order valence-corrected chi connectivity index (χ2v) is 6.22. The molecule has 4 N–H and O–H groups in total. The fraction of sp³-hybridized carbons (Fsp3) is 0.455. The highest BCUT2D eigenvalue weighted by Crippen LogP contribution is 2.40. The van der Waals surface area contributed by atoms with Crippen molar-refractivity contribution >= 4 is 44.3 Å². The molecule has 0 spiro atoms. The van der Waals surface area contributed by atoms with Crippen LogP contribution < -0.4 is 5.73 Å². The molecule has 0 radical (unpaired) electrons. The molecule has 0 aliphatic heterocycles. The predicted octanol–water partition coefficient (Wildman–Crippen LogP) is 3.36. The van der Waals surface area contributed by atoms with Crippen molar-refractivity contribution in [1.82, 2.24) is 0 Å². The number of aliphatic hydroxyl groups is 1. The molecule has 0 heterocycles. The maximum absolute atomic E-state index is 9.92. The lowest BCUT2D eigenvalue weighted by molar-refractivity contribution is 0.131. The van der Waals surface area contributed by atoms with Gasteiger partial charge in [0.25, 0.3) is 0 Å². The quantitative estimate of drug-likeness (QED) is 0.743. The molecule has 0 aliphatic rings. The Labute approximate surface area is 124 Å². The molecule has 1 atom stereocenters. The highest BCUT2D eigenvalue weighted by molar-refractivity contribution is 9.11. The molecular weight excluding hydrogens is 373 g/mol. The van der Waals surface area contributed by atoms with Crippen LogP contribution >= 0.6 is 44.3 Å². The molecule has 0 fully saturated rings. The lowest BCUT2D eigenvalue weighted by atomic mass is 9.81. The van der Waals surface area contributed by atoms with E-state index >= 15 is 0 Å². The molecule has 3 nitrogen and oxygen atoms in total. The van der Waals surface area contributed by atoms with Crippen molar-refractivity contribution < 1.29 is 10.2 Å². The Kier molecular flexibility index (Phi) is 6.46. The van der Waals surface area contributed by atoms with Gasteiger partial charge in [0, 0.05) is 28.1 Å². The lowest BCUT2D eigenvalue weighted by Gasteiger charge is -2.30. The molecule has 1 rings (SSSR count). The van der Waals surface area contributed by atoms with Gasteiger partial charge in [0.1, 0.15) is 5.75 Å². The number of aliphatic hydroxyl groups excluding tert-OH is 1. The zero-order valence-electron chi connectivity index (χ0n) is 9.58. The number of halogens is 3. The Bertz CT molecular complexity index is 399. The van der Waals surface area contributed by atoms with E-state index in [9.17, 15) is 10.2 Å². The first-order valence-electron chi connectivity index (χ1n) is 4.84. The van der Waals surface area contributed by atoms with Gasteiger partial charge in [0.05, 0.1) is 4.47 Å². The number of hydrogen-bond donors (Lipinski definition) is 3. The summed E-state index contributed by atoms with van der Waals surface area (Å²) in [5.74, 6) is 0.122. The Morgan fingerprint density at radius 3 is 2.35 bits per heavy atom. The molecule has 0 amide bonds. The molecule has 6 heteroatoms. The fourth-order valence-electron chi connectivity index (χ4n) is 1.34. The van der Waals surface area contributed by atoms with Gasteiger partial charge in [0.2, 0.25) is 0 Å². The first kappa shape index (κ1) is 17.2. The van der Waals surface area contributed by atoms with E-state index in [-0.39, 0.29) is 24.8 Å². The maximum Gasteiger partial charge on any atom is 0.134 e. The van der Waals surface area contributed by atoms with Crippen LogP contribution in [0.2, 0.25) is 0 Å². The molecule has 0 unspecified atom stereocenters. The van der Waals surface area contributed by atoms with Gasteiger partial charge >= 0.3 is 0 Å². The smallest absolute Gasteiger partial charge is 0.134 e. The summed E-state index contributed by atoms with van der Waals surface area (Å²) in [6.45, 7) is 3.66. The normalized spacial score (nSPS) is 13.1. The Hall–Kier alpha value is 0.190. The molecule has 0 aliphatic carbocycles. The van der Waals surface area contributed by atoms with E-state index in [1.807, 2.05) is 13.8 Å². The minimum absolute atomic E-state index is 0. The Balaban J connectivity index is 0.00000256. The van der Waals surface area contributed by atoms with E-state index in [1.165, 1.54) is 0 Å². The number of phenolic OH excluding ortho intramolecular Hbond substituents is 1. The third kappa shape index (κ3) is 3.83. The predicted molar refractivity (Wildman–Crippen MR) is 78.6 cm³/mol. The van der Waals surface area contributed by atoms with Gasteiger partial charge in [-0.2, -0.15) is 0 Å². The summed E-state index contributed by atoms with van der Waals surface area (Å²) >= 11 is 6.60. The van der Waals surface area contributed by atoms with Crippen molar-refractivity contribution in [1.29, 1.82) is 0 Å². The monoisotopic (exact) mass is 387 g/mol. The van der Waals surface area contributed by atoms with Gasteiger partial charge in [0.15, 0.2) is 0 Å². The number of benzene rings is 1. The summed E-state index contributed by atoms with van der Waals surface area (Å²) in [5.41, 5.74) is 6.18. The first-order chi connectivity index (χ1) is 7.29. The number of phenols is 1. The van der Waals surface area contributed by atoms with Crippen molar-refractivity contribution in [2.24, 2.45) is 11.1 Å². The van der Waals surface area contributed by atoms with Crippen molar-refractivity contribution in [2.75, 3.05) is 6.61 Å². The molecule has 1 aromatic carbocycles. The number of aromatic hydroxyl groups is 1. The summed E-state index contributed by atoms with van der Waals surface area (Å²) in [5, 5.41) is 19.2. The largest absolute Gasteiger partial charge is 0.506 e. The second-order valence-electron chi connectivity index (χ2n) is 4.45. The van der Waals surface area contributed by atoms with Gasteiger partial charge in [-0.05, 0) is 28.1 Å². The average Bonchev–Trinajstić information content (AvgIpc) is 2.22. The zero-order chi connectivity index (χ0) is 12.5. The van der Waals surface area contributed by atoms with Crippen molar-refractivity contribution in [2.45, 2.75) is 19.9 Å². The van der Waals surface area contributed by atoms with Gasteiger partial charge in [-0.1, -0.05) is 29.8 Å². The molecule has 0 aromatic heterocycles. The molecular formula is C11H16Br2ClNO2. The van der Waals surface area contributed by atoms with Crippen LogP contribution in [0.5, 0.6) is 5.75 Å². The van der Waals surface area contributed by atoms with E-state index in [4.69, 9.17) is 5.73 Å². The summed E-state index contributed by atoms with van der Waals surface area (Å²) in [4.78, 5) is 0. The Morgan fingerprint density at radius 2 is 1.88 bits per heavy atom. The van der Waals surface area contributed by atoms with E-state index in [0.717, 1.165) is 4.47 Å². The molecule has 0 bridgehead atoms. The number of nitrogens with two attached hydrogens (primary N) is 1. The summed E-state index contributed by atoms with van der Waals surface area (Å²) < 4.78 is 1.41. The molecule has 0 saturated carbocycles. The minimum Gasteiger partial charge on any atom is -0.506 e. The second kappa shape index (κ2) is 6.38. The van der Waals surface area contributed by atoms with Crippen LogP contribution in [-0.2, 0) is 0 Å². The highest BCUT2D eigenvalue weighted by Gasteiger charge is 2.29. The zero-order valence-corrected chi connectivity index (χ0v) is 13.6. The summed E-state index contributed by atoms with van der Waals surface area (Å²) in [7, 11) is 0. The maximum atomic E-state index is 9.92. The SMILES string of the molecule is CC(C)(CO)[C@@H](N)c1cc(Br)cc(Br)c1O.Cl. The van der Waals surface area contributed by atoms with Crippen LogP contribution in [0, 0.1) is 5.41 Å². The number of rotatable bonds is 3. The van der Waals surface area contributed by atoms with E-state index in [2.05, 4.69) is 31.9 Å². The summed E-state index contributed by atoms with van der Waals surface area (Å²) in [6.07, 6.45) is 0. The Morgan fingerprint density at radius 1 is 1.35 bits per heavy atom. The fourth-order valence-corrected chi connectivity index (χ4v) is 2.60. The van der Waals surface area contributed by atoms with E-state index in [0.29, 0.717) is 10.0 Å². The molecule has 1 aromatic rings. The number of hydrogen-bond acceptors (Lipinski definition) is 3. The van der Waals surface area contributed by atoms with Gasteiger partial charge in [-0.15, -0.1) is 12.4 Å². The lowest BCUT2D eigenvalue weighted by Crippen LogP contribution is -2.32. The average molecular weight is 390 g/mol. The van der Waals surface area contributed by atoms with Crippen LogP contribution in [0.4, 0.5) is 0 Å². The van der Waals surface area contributed by atoms with Gasteiger partial charge in [-0.3, -0.25) is 0 Å². The standard InChI is InChI=1S/C11H15Br2NO2.ClH/c1-11(2,5-15)10(14)7-3-6(12)4-8(13)9(7)16;/h3-4,10,15-16H,5,14H2,1-2H3;1H/t10-;/m0./s1. The van der Waals surface area contributed by atoms with E-state index < -0.39 is 11.5 Å². The van der Waals surface area contributed by atoms with Crippen LogP contribution in [0.25, 0.3) is 0 Å².